The molecular weight excluding hydrogens is 394 g/mol. The molecule has 2 heterocycles. The lowest BCUT2D eigenvalue weighted by Gasteiger charge is -2.19. The molecule has 3 aromatic rings. The molecule has 1 aliphatic carbocycles. The van der Waals surface area contributed by atoms with Crippen LogP contribution in [-0.4, -0.2) is 18.4 Å². The van der Waals surface area contributed by atoms with Crippen LogP contribution in [0.1, 0.15) is 54.6 Å². The topological polar surface area (TPSA) is 85.1 Å². The van der Waals surface area contributed by atoms with Crippen LogP contribution in [0, 0.1) is 6.92 Å². The summed E-state index contributed by atoms with van der Waals surface area (Å²) in [6.45, 7) is 1.98. The van der Waals surface area contributed by atoms with E-state index >= 15 is 0 Å². The summed E-state index contributed by atoms with van der Waals surface area (Å²) in [4.78, 5) is 9.13. The van der Waals surface area contributed by atoms with Gasteiger partial charge in [-0.05, 0) is 25.0 Å². The monoisotopic (exact) mass is 417 g/mol. The van der Waals surface area contributed by atoms with Gasteiger partial charge in [0.2, 0.25) is 10.0 Å². The number of hydrogen-bond donors (Lipinski definition) is 1. The number of oxazole rings is 1. The number of aromatic nitrogens is 2. The van der Waals surface area contributed by atoms with Crippen molar-refractivity contribution in [3.05, 3.63) is 52.5 Å². The van der Waals surface area contributed by atoms with Gasteiger partial charge in [0.1, 0.15) is 17.0 Å². The molecule has 1 N–H and O–H groups in total. The Morgan fingerprint density at radius 2 is 1.89 bits per heavy atom. The van der Waals surface area contributed by atoms with Gasteiger partial charge in [0, 0.05) is 23.8 Å². The van der Waals surface area contributed by atoms with Crippen molar-refractivity contribution in [2.75, 3.05) is 0 Å². The van der Waals surface area contributed by atoms with Crippen molar-refractivity contribution in [2.45, 2.75) is 56.4 Å². The summed E-state index contributed by atoms with van der Waals surface area (Å²) < 4.78 is 33.1. The summed E-state index contributed by atoms with van der Waals surface area (Å²) in [5.74, 6) is 1.10. The van der Waals surface area contributed by atoms with Gasteiger partial charge < -0.3 is 4.42 Å². The van der Waals surface area contributed by atoms with Crippen molar-refractivity contribution in [1.29, 1.82) is 0 Å². The maximum absolute atomic E-state index is 12.6. The maximum atomic E-state index is 12.6. The summed E-state index contributed by atoms with van der Waals surface area (Å²) in [6, 6.07) is 6.63. The average molecular weight is 418 g/mol. The fraction of sp³-hybridized carbons (Fsp3) is 0.400. The summed E-state index contributed by atoms with van der Waals surface area (Å²) in [5.41, 5.74) is 2.62. The summed E-state index contributed by atoms with van der Waals surface area (Å²) in [5, 5.41) is 2.88. The van der Waals surface area contributed by atoms with Crippen LogP contribution < -0.4 is 4.72 Å². The third-order valence-electron chi connectivity index (χ3n) is 5.09. The van der Waals surface area contributed by atoms with E-state index < -0.39 is 10.0 Å². The minimum Gasteiger partial charge on any atom is -0.449 e. The van der Waals surface area contributed by atoms with Crippen LogP contribution in [0.15, 0.2) is 45.2 Å². The molecule has 0 unspecified atom stereocenters. The number of rotatable bonds is 6. The van der Waals surface area contributed by atoms with Gasteiger partial charge in [0.15, 0.2) is 5.89 Å². The number of thiazole rings is 1. The molecule has 1 aliphatic rings. The molecule has 1 aromatic carbocycles. The lowest BCUT2D eigenvalue weighted by molar-refractivity contribution is 0.437. The van der Waals surface area contributed by atoms with E-state index in [0.29, 0.717) is 17.5 Å². The highest BCUT2D eigenvalue weighted by molar-refractivity contribution is 7.89. The number of nitrogens with zero attached hydrogens (tertiary/aromatic N) is 2. The van der Waals surface area contributed by atoms with Crippen molar-refractivity contribution in [2.24, 2.45) is 0 Å². The van der Waals surface area contributed by atoms with E-state index in [1.54, 1.807) is 37.5 Å². The normalized spacial score (nSPS) is 15.8. The standard InChI is InChI=1S/C20H23N3O3S2/c1-14-22-18(12-26-14)16-7-9-17(10-8-16)28(24,25)21-11-20-23-19(13-27-20)15-5-3-2-4-6-15/h7-10,12-13,15,21H,2-6,11H2,1H3. The van der Waals surface area contributed by atoms with E-state index in [9.17, 15) is 8.42 Å². The van der Waals surface area contributed by atoms with Crippen LogP contribution in [0.3, 0.4) is 0 Å². The predicted octanol–water partition coefficient (Wildman–Crippen LogP) is 4.63. The van der Waals surface area contributed by atoms with Crippen LogP contribution in [0.25, 0.3) is 11.3 Å². The second-order valence-corrected chi connectivity index (χ2v) is 9.81. The fourth-order valence-corrected chi connectivity index (χ4v) is 5.43. The first-order chi connectivity index (χ1) is 13.5. The minimum absolute atomic E-state index is 0.212. The first-order valence-electron chi connectivity index (χ1n) is 9.48. The Morgan fingerprint density at radius 3 is 2.57 bits per heavy atom. The highest BCUT2D eigenvalue weighted by atomic mass is 32.2. The first kappa shape index (κ1) is 19.3. The van der Waals surface area contributed by atoms with E-state index in [2.05, 4.69) is 20.1 Å². The highest BCUT2D eigenvalue weighted by Crippen LogP contribution is 2.33. The Hall–Kier alpha value is -2.03. The summed E-state index contributed by atoms with van der Waals surface area (Å²) >= 11 is 1.52. The molecule has 0 amide bonds. The molecule has 0 spiro atoms. The maximum Gasteiger partial charge on any atom is 0.240 e. The molecular formula is C20H23N3O3S2. The molecule has 0 bridgehead atoms. The van der Waals surface area contributed by atoms with Crippen LogP contribution in [0.2, 0.25) is 0 Å². The van der Waals surface area contributed by atoms with Gasteiger partial charge in [-0.3, -0.25) is 0 Å². The fourth-order valence-electron chi connectivity index (χ4n) is 3.53. The summed E-state index contributed by atoms with van der Waals surface area (Å²) in [7, 11) is -3.59. The van der Waals surface area contributed by atoms with Crippen molar-refractivity contribution in [3.8, 4) is 11.3 Å². The molecule has 1 fully saturated rings. The Labute approximate surface area is 169 Å². The van der Waals surface area contributed by atoms with Crippen LogP contribution in [-0.2, 0) is 16.6 Å². The largest absolute Gasteiger partial charge is 0.449 e. The van der Waals surface area contributed by atoms with Crippen molar-refractivity contribution in [1.82, 2.24) is 14.7 Å². The van der Waals surface area contributed by atoms with Crippen molar-refractivity contribution >= 4 is 21.4 Å². The van der Waals surface area contributed by atoms with E-state index in [1.165, 1.54) is 43.4 Å². The van der Waals surface area contributed by atoms with Crippen LogP contribution >= 0.6 is 11.3 Å². The number of sulfonamides is 1. The molecule has 2 aromatic heterocycles. The quantitative estimate of drug-likeness (QED) is 0.632. The molecule has 4 rings (SSSR count). The second-order valence-electron chi connectivity index (χ2n) is 7.10. The molecule has 0 saturated heterocycles. The second kappa shape index (κ2) is 8.14. The predicted molar refractivity (Wildman–Crippen MR) is 109 cm³/mol. The van der Waals surface area contributed by atoms with Gasteiger partial charge in [-0.15, -0.1) is 11.3 Å². The zero-order valence-electron chi connectivity index (χ0n) is 15.7. The smallest absolute Gasteiger partial charge is 0.240 e. The lowest BCUT2D eigenvalue weighted by Crippen LogP contribution is -2.23. The van der Waals surface area contributed by atoms with E-state index in [4.69, 9.17) is 4.42 Å². The van der Waals surface area contributed by atoms with Crippen LogP contribution in [0.5, 0.6) is 0 Å². The lowest BCUT2D eigenvalue weighted by atomic mass is 9.87. The third kappa shape index (κ3) is 4.34. The minimum atomic E-state index is -3.59. The molecule has 0 radical (unpaired) electrons. The van der Waals surface area contributed by atoms with Gasteiger partial charge in [0.25, 0.3) is 0 Å². The third-order valence-corrected chi connectivity index (χ3v) is 7.37. The van der Waals surface area contributed by atoms with E-state index in [0.717, 1.165) is 16.3 Å². The van der Waals surface area contributed by atoms with Gasteiger partial charge in [-0.25, -0.2) is 23.1 Å². The van der Waals surface area contributed by atoms with Gasteiger partial charge >= 0.3 is 0 Å². The summed E-state index contributed by atoms with van der Waals surface area (Å²) in [6.07, 6.45) is 7.76. The zero-order valence-corrected chi connectivity index (χ0v) is 17.4. The number of nitrogens with one attached hydrogen (secondary N) is 1. The molecule has 0 aliphatic heterocycles. The van der Waals surface area contributed by atoms with E-state index in [-0.39, 0.29) is 11.4 Å². The Kier molecular flexibility index (Phi) is 5.61. The number of benzene rings is 1. The van der Waals surface area contributed by atoms with Gasteiger partial charge in [0.05, 0.1) is 17.1 Å². The number of hydrogen-bond acceptors (Lipinski definition) is 6. The molecule has 8 heteroatoms. The average Bonchev–Trinajstić information content (AvgIpc) is 3.36. The molecule has 148 valence electrons. The molecule has 0 atom stereocenters. The Balaban J connectivity index is 1.41. The van der Waals surface area contributed by atoms with Gasteiger partial charge in [-0.2, -0.15) is 0 Å². The van der Waals surface area contributed by atoms with E-state index in [1.807, 2.05) is 0 Å². The molecule has 6 nitrogen and oxygen atoms in total. The SMILES string of the molecule is Cc1nc(-c2ccc(S(=O)(=O)NCc3nc(C4CCCCC4)cs3)cc2)co1. The highest BCUT2D eigenvalue weighted by Gasteiger charge is 2.19. The van der Waals surface area contributed by atoms with Crippen molar-refractivity contribution in [3.63, 3.8) is 0 Å². The van der Waals surface area contributed by atoms with Gasteiger partial charge in [-0.1, -0.05) is 31.4 Å². The number of aryl methyl sites for hydroxylation is 1. The molecule has 1 saturated carbocycles. The van der Waals surface area contributed by atoms with Crippen molar-refractivity contribution < 1.29 is 12.8 Å². The Morgan fingerprint density at radius 1 is 1.14 bits per heavy atom. The zero-order chi connectivity index (χ0) is 19.6. The Bertz CT molecular complexity index is 1030. The molecule has 28 heavy (non-hydrogen) atoms. The first-order valence-corrected chi connectivity index (χ1v) is 11.8. The van der Waals surface area contributed by atoms with Crippen LogP contribution in [0.4, 0.5) is 0 Å².